The number of hydrogen-bond donors (Lipinski definition) is 0. The van der Waals surface area contributed by atoms with Gasteiger partial charge in [0.2, 0.25) is 0 Å². The molecule has 0 saturated heterocycles. The molecular formula is C15H15NO3. The van der Waals surface area contributed by atoms with Crippen LogP contribution in [0.5, 0.6) is 5.75 Å². The van der Waals surface area contributed by atoms with Gasteiger partial charge in [-0.2, -0.15) is 0 Å². The predicted octanol–water partition coefficient (Wildman–Crippen LogP) is 2.38. The minimum atomic E-state index is -0.248. The Bertz CT molecular complexity index is 523. The van der Waals surface area contributed by atoms with Crippen LogP contribution in [0.3, 0.4) is 0 Å². The molecule has 2 aromatic rings. The van der Waals surface area contributed by atoms with Gasteiger partial charge in [0.25, 0.3) is 0 Å². The Morgan fingerprint density at radius 1 is 1.16 bits per heavy atom. The van der Waals surface area contributed by atoms with Crippen molar-refractivity contribution in [3.63, 3.8) is 0 Å². The van der Waals surface area contributed by atoms with Crippen molar-refractivity contribution in [2.75, 3.05) is 7.11 Å². The maximum atomic E-state index is 11.1. The third kappa shape index (κ3) is 4.10. The van der Waals surface area contributed by atoms with Crippen molar-refractivity contribution in [2.24, 2.45) is 0 Å². The lowest BCUT2D eigenvalue weighted by Gasteiger charge is -2.06. The topological polar surface area (TPSA) is 48.4 Å². The van der Waals surface area contributed by atoms with E-state index >= 15 is 0 Å². The van der Waals surface area contributed by atoms with Crippen LogP contribution in [0.1, 0.15) is 11.3 Å². The van der Waals surface area contributed by atoms with E-state index in [2.05, 4.69) is 9.72 Å². The first-order valence-corrected chi connectivity index (χ1v) is 5.96. The Morgan fingerprint density at radius 2 is 1.95 bits per heavy atom. The lowest BCUT2D eigenvalue weighted by Crippen LogP contribution is -2.04. The normalized spacial score (nSPS) is 9.95. The lowest BCUT2D eigenvalue weighted by molar-refractivity contribution is -0.139. The summed E-state index contributed by atoms with van der Waals surface area (Å²) in [5, 5.41) is 0. The first kappa shape index (κ1) is 13.1. The zero-order valence-electron chi connectivity index (χ0n) is 10.7. The fraction of sp³-hybridized carbons (Fsp3) is 0.200. The van der Waals surface area contributed by atoms with Gasteiger partial charge in [0.1, 0.15) is 12.4 Å². The van der Waals surface area contributed by atoms with E-state index in [0.717, 1.165) is 17.0 Å². The highest BCUT2D eigenvalue weighted by Crippen LogP contribution is 2.14. The van der Waals surface area contributed by atoms with Crippen LogP contribution >= 0.6 is 0 Å². The van der Waals surface area contributed by atoms with Crippen molar-refractivity contribution >= 4 is 5.97 Å². The first-order chi connectivity index (χ1) is 9.28. The number of ether oxygens (including phenoxy) is 2. The average Bonchev–Trinajstić information content (AvgIpc) is 2.47. The van der Waals surface area contributed by atoms with Gasteiger partial charge in [-0.05, 0) is 29.8 Å². The van der Waals surface area contributed by atoms with E-state index in [-0.39, 0.29) is 12.4 Å². The molecule has 0 spiro atoms. The van der Waals surface area contributed by atoms with Gasteiger partial charge in [-0.15, -0.1) is 0 Å². The Balaban J connectivity index is 1.90. The number of pyridine rings is 1. The van der Waals surface area contributed by atoms with Crippen molar-refractivity contribution in [3.05, 3.63) is 59.9 Å². The van der Waals surface area contributed by atoms with E-state index in [0.29, 0.717) is 6.61 Å². The fourth-order valence-electron chi connectivity index (χ4n) is 1.58. The Hall–Kier alpha value is -2.36. The molecule has 0 aliphatic rings. The molecule has 0 radical (unpaired) electrons. The van der Waals surface area contributed by atoms with Gasteiger partial charge in [0.05, 0.1) is 19.2 Å². The summed E-state index contributed by atoms with van der Waals surface area (Å²) in [6.45, 7) is 0.428. The van der Waals surface area contributed by atoms with E-state index in [1.807, 2.05) is 42.5 Å². The zero-order valence-corrected chi connectivity index (χ0v) is 10.7. The van der Waals surface area contributed by atoms with E-state index in [4.69, 9.17) is 4.74 Å². The summed E-state index contributed by atoms with van der Waals surface area (Å²) >= 11 is 0. The Morgan fingerprint density at radius 3 is 2.58 bits per heavy atom. The van der Waals surface area contributed by atoms with Gasteiger partial charge in [0, 0.05) is 6.20 Å². The molecule has 1 aromatic heterocycles. The Labute approximate surface area is 112 Å². The van der Waals surface area contributed by atoms with Crippen LogP contribution in [0, 0.1) is 0 Å². The summed E-state index contributed by atoms with van der Waals surface area (Å²) in [6, 6.07) is 13.1. The van der Waals surface area contributed by atoms with E-state index in [1.165, 1.54) is 7.11 Å². The molecule has 1 heterocycles. The predicted molar refractivity (Wildman–Crippen MR) is 70.7 cm³/mol. The molecule has 98 valence electrons. The first-order valence-electron chi connectivity index (χ1n) is 5.96. The van der Waals surface area contributed by atoms with Crippen LogP contribution in [-0.4, -0.2) is 18.1 Å². The van der Waals surface area contributed by atoms with E-state index in [9.17, 15) is 4.79 Å². The summed E-state index contributed by atoms with van der Waals surface area (Å²) in [6.07, 6.45) is 2.01. The minimum absolute atomic E-state index is 0.248. The number of aromatic nitrogens is 1. The van der Waals surface area contributed by atoms with Gasteiger partial charge >= 0.3 is 5.97 Å². The second-order valence-corrected chi connectivity index (χ2v) is 4.01. The highest BCUT2D eigenvalue weighted by Gasteiger charge is 2.03. The molecule has 0 aliphatic carbocycles. The minimum Gasteiger partial charge on any atom is -0.487 e. The van der Waals surface area contributed by atoms with E-state index in [1.54, 1.807) is 6.20 Å². The van der Waals surface area contributed by atoms with Gasteiger partial charge < -0.3 is 9.47 Å². The molecule has 0 saturated carbocycles. The Kier molecular flexibility index (Phi) is 4.50. The van der Waals surface area contributed by atoms with Crippen LogP contribution < -0.4 is 4.74 Å². The molecule has 0 amide bonds. The molecule has 0 aliphatic heterocycles. The molecule has 0 N–H and O–H groups in total. The number of benzene rings is 1. The molecule has 4 nitrogen and oxygen atoms in total. The van der Waals surface area contributed by atoms with Gasteiger partial charge in [-0.25, -0.2) is 0 Å². The molecule has 1 aromatic carbocycles. The van der Waals surface area contributed by atoms with Crippen LogP contribution in [0.2, 0.25) is 0 Å². The monoisotopic (exact) mass is 257 g/mol. The zero-order chi connectivity index (χ0) is 13.5. The van der Waals surface area contributed by atoms with E-state index < -0.39 is 0 Å². The van der Waals surface area contributed by atoms with Gasteiger partial charge in [-0.3, -0.25) is 9.78 Å². The second-order valence-electron chi connectivity index (χ2n) is 4.01. The quantitative estimate of drug-likeness (QED) is 0.772. The number of nitrogens with zero attached hydrogens (tertiary/aromatic N) is 1. The molecule has 0 bridgehead atoms. The van der Waals surface area contributed by atoms with Crippen LogP contribution in [-0.2, 0) is 22.6 Å². The van der Waals surface area contributed by atoms with Crippen molar-refractivity contribution in [1.29, 1.82) is 0 Å². The van der Waals surface area contributed by atoms with Crippen LogP contribution in [0.25, 0.3) is 0 Å². The third-order valence-corrected chi connectivity index (χ3v) is 2.61. The SMILES string of the molecule is COC(=O)Cc1ccc(OCc2ccccn2)cc1. The third-order valence-electron chi connectivity index (χ3n) is 2.61. The summed E-state index contributed by atoms with van der Waals surface area (Å²) in [5.74, 6) is 0.501. The highest BCUT2D eigenvalue weighted by atomic mass is 16.5. The summed E-state index contributed by atoms with van der Waals surface area (Å²) < 4.78 is 10.2. The maximum Gasteiger partial charge on any atom is 0.309 e. The summed E-state index contributed by atoms with van der Waals surface area (Å²) in [7, 11) is 1.38. The maximum absolute atomic E-state index is 11.1. The standard InChI is InChI=1S/C15H15NO3/c1-18-15(17)10-12-5-7-14(8-6-12)19-11-13-4-2-3-9-16-13/h2-9H,10-11H2,1H3. The van der Waals surface area contributed by atoms with Crippen LogP contribution in [0.15, 0.2) is 48.7 Å². The lowest BCUT2D eigenvalue weighted by atomic mass is 10.1. The molecule has 4 heteroatoms. The number of methoxy groups -OCH3 is 1. The largest absolute Gasteiger partial charge is 0.487 e. The number of hydrogen-bond acceptors (Lipinski definition) is 4. The highest BCUT2D eigenvalue weighted by molar-refractivity contribution is 5.72. The van der Waals surface area contributed by atoms with Crippen LogP contribution in [0.4, 0.5) is 0 Å². The second kappa shape index (κ2) is 6.54. The molecule has 0 unspecified atom stereocenters. The number of esters is 1. The smallest absolute Gasteiger partial charge is 0.309 e. The molecular weight excluding hydrogens is 242 g/mol. The van der Waals surface area contributed by atoms with Crippen molar-refractivity contribution in [3.8, 4) is 5.75 Å². The van der Waals surface area contributed by atoms with Gasteiger partial charge in [-0.1, -0.05) is 18.2 Å². The summed E-state index contributed by atoms with van der Waals surface area (Å²) in [4.78, 5) is 15.3. The van der Waals surface area contributed by atoms with Gasteiger partial charge in [0.15, 0.2) is 0 Å². The number of carbonyl (C=O) groups is 1. The number of carbonyl (C=O) groups excluding carboxylic acids is 1. The van der Waals surface area contributed by atoms with Crippen molar-refractivity contribution < 1.29 is 14.3 Å². The molecule has 2 rings (SSSR count). The summed E-state index contributed by atoms with van der Waals surface area (Å²) in [5.41, 5.74) is 1.78. The fourth-order valence-corrected chi connectivity index (χ4v) is 1.58. The molecule has 19 heavy (non-hydrogen) atoms. The van der Waals surface area contributed by atoms with Crippen molar-refractivity contribution in [2.45, 2.75) is 13.0 Å². The number of rotatable bonds is 5. The molecule has 0 fully saturated rings. The van der Waals surface area contributed by atoms with Crippen molar-refractivity contribution in [1.82, 2.24) is 4.98 Å². The average molecular weight is 257 g/mol. The molecule has 0 atom stereocenters.